The van der Waals surface area contributed by atoms with Crippen molar-refractivity contribution in [3.63, 3.8) is 0 Å². The lowest BCUT2D eigenvalue weighted by Crippen LogP contribution is -2.49. The number of carbonyl (C=O) groups is 2. The van der Waals surface area contributed by atoms with E-state index in [4.69, 9.17) is 0 Å². The molecule has 1 N–H and O–H groups in total. The molecule has 0 spiro atoms. The number of likely N-dealkylation sites (N-methyl/N-ethyl adjacent to an activating group) is 1. The van der Waals surface area contributed by atoms with Gasteiger partial charge in [-0.1, -0.05) is 36.4 Å². The van der Waals surface area contributed by atoms with Crippen LogP contribution in [0, 0.1) is 5.92 Å². The van der Waals surface area contributed by atoms with Gasteiger partial charge in [-0.15, -0.1) is 12.4 Å². The lowest BCUT2D eigenvalue weighted by molar-refractivity contribution is -0.137. The van der Waals surface area contributed by atoms with E-state index in [0.717, 1.165) is 42.4 Å². The van der Waals surface area contributed by atoms with Crippen molar-refractivity contribution in [2.75, 3.05) is 31.6 Å². The van der Waals surface area contributed by atoms with Crippen LogP contribution in [0.3, 0.4) is 0 Å². The maximum absolute atomic E-state index is 13.0. The SMILES string of the molecule is CNC1CCCN(C(=O)C2CC(=O)N(c3cccc4ccccc34)C2)C1.Cl. The second-order valence-corrected chi connectivity index (χ2v) is 7.32. The van der Waals surface area contributed by atoms with Gasteiger partial charge in [0.25, 0.3) is 0 Å². The Hall–Kier alpha value is -2.11. The summed E-state index contributed by atoms with van der Waals surface area (Å²) in [5.41, 5.74) is 0.912. The number of nitrogens with zero attached hydrogens (tertiary/aromatic N) is 2. The molecule has 144 valence electrons. The van der Waals surface area contributed by atoms with E-state index in [1.54, 1.807) is 4.90 Å². The summed E-state index contributed by atoms with van der Waals surface area (Å²) in [6.45, 7) is 2.02. The molecule has 2 aliphatic rings. The summed E-state index contributed by atoms with van der Waals surface area (Å²) in [7, 11) is 1.94. The third-order valence-electron chi connectivity index (χ3n) is 5.67. The van der Waals surface area contributed by atoms with Gasteiger partial charge >= 0.3 is 0 Å². The zero-order chi connectivity index (χ0) is 18.1. The van der Waals surface area contributed by atoms with Crippen LogP contribution in [0.15, 0.2) is 42.5 Å². The van der Waals surface area contributed by atoms with E-state index in [2.05, 4.69) is 5.32 Å². The van der Waals surface area contributed by atoms with Crippen molar-refractivity contribution in [1.82, 2.24) is 10.2 Å². The van der Waals surface area contributed by atoms with E-state index in [9.17, 15) is 9.59 Å². The summed E-state index contributed by atoms with van der Waals surface area (Å²) in [5.74, 6) is -0.0695. The Morgan fingerprint density at radius 2 is 1.89 bits per heavy atom. The number of benzene rings is 2. The van der Waals surface area contributed by atoms with Crippen LogP contribution in [0.2, 0.25) is 0 Å². The molecule has 0 aromatic heterocycles. The lowest BCUT2D eigenvalue weighted by atomic mass is 10.0. The molecule has 4 rings (SSSR count). The number of hydrogen-bond acceptors (Lipinski definition) is 3. The molecule has 2 aromatic carbocycles. The van der Waals surface area contributed by atoms with Gasteiger partial charge in [-0.3, -0.25) is 9.59 Å². The number of nitrogens with one attached hydrogen (secondary N) is 1. The van der Waals surface area contributed by atoms with E-state index in [-0.39, 0.29) is 30.1 Å². The Labute approximate surface area is 166 Å². The quantitative estimate of drug-likeness (QED) is 0.881. The van der Waals surface area contributed by atoms with E-state index in [1.165, 1.54) is 0 Å². The number of amides is 2. The molecular weight excluding hydrogens is 362 g/mol. The molecule has 2 amide bonds. The molecule has 2 saturated heterocycles. The highest BCUT2D eigenvalue weighted by Crippen LogP contribution is 2.32. The fraction of sp³-hybridized carbons (Fsp3) is 0.429. The third kappa shape index (κ3) is 3.80. The fourth-order valence-corrected chi connectivity index (χ4v) is 4.22. The Morgan fingerprint density at radius 3 is 2.70 bits per heavy atom. The van der Waals surface area contributed by atoms with Crippen molar-refractivity contribution in [2.24, 2.45) is 5.92 Å². The average Bonchev–Trinajstić information content (AvgIpc) is 3.08. The van der Waals surface area contributed by atoms with E-state index in [0.29, 0.717) is 19.0 Å². The summed E-state index contributed by atoms with van der Waals surface area (Å²) < 4.78 is 0. The molecule has 2 heterocycles. The first-order valence-corrected chi connectivity index (χ1v) is 9.41. The van der Waals surface area contributed by atoms with Crippen molar-refractivity contribution in [2.45, 2.75) is 25.3 Å². The number of fused-ring (bicyclic) bond motifs is 1. The minimum Gasteiger partial charge on any atom is -0.341 e. The van der Waals surface area contributed by atoms with Crippen molar-refractivity contribution >= 4 is 40.7 Å². The van der Waals surface area contributed by atoms with Crippen molar-refractivity contribution in [3.8, 4) is 0 Å². The highest BCUT2D eigenvalue weighted by molar-refractivity contribution is 6.07. The summed E-state index contributed by atoms with van der Waals surface area (Å²) in [5, 5.41) is 5.44. The Kier molecular flexibility index (Phi) is 6.02. The van der Waals surface area contributed by atoms with E-state index in [1.807, 2.05) is 54.4 Å². The summed E-state index contributed by atoms with van der Waals surface area (Å²) >= 11 is 0. The molecule has 2 unspecified atom stereocenters. The second kappa shape index (κ2) is 8.28. The number of anilines is 1. The molecule has 2 aromatic rings. The Morgan fingerprint density at radius 1 is 1.11 bits per heavy atom. The number of carbonyl (C=O) groups excluding carboxylic acids is 2. The van der Waals surface area contributed by atoms with Crippen LogP contribution in [0.1, 0.15) is 19.3 Å². The van der Waals surface area contributed by atoms with Crippen LogP contribution >= 0.6 is 12.4 Å². The smallest absolute Gasteiger partial charge is 0.228 e. The predicted octanol–water partition coefficient (Wildman–Crippen LogP) is 2.82. The standard InChI is InChI=1S/C21H25N3O2.ClH/c1-22-17-8-5-11-23(14-17)21(26)16-12-20(25)24(13-16)19-10-4-7-15-6-2-3-9-18(15)19;/h2-4,6-7,9-10,16-17,22H,5,8,11-14H2,1H3;1H. The van der Waals surface area contributed by atoms with Crippen molar-refractivity contribution in [3.05, 3.63) is 42.5 Å². The number of hydrogen-bond donors (Lipinski definition) is 1. The third-order valence-corrected chi connectivity index (χ3v) is 5.67. The van der Waals surface area contributed by atoms with Gasteiger partial charge in [-0.2, -0.15) is 0 Å². The minimum atomic E-state index is -0.239. The molecular formula is C21H26ClN3O2. The maximum Gasteiger partial charge on any atom is 0.228 e. The van der Waals surface area contributed by atoms with Gasteiger partial charge in [0.1, 0.15) is 0 Å². The number of piperidine rings is 1. The fourth-order valence-electron chi connectivity index (χ4n) is 4.22. The van der Waals surface area contributed by atoms with E-state index < -0.39 is 0 Å². The van der Waals surface area contributed by atoms with Gasteiger partial charge in [0.05, 0.1) is 11.6 Å². The summed E-state index contributed by atoms with van der Waals surface area (Å²) in [6, 6.07) is 14.4. The molecule has 2 aliphatic heterocycles. The molecule has 0 radical (unpaired) electrons. The number of halogens is 1. The predicted molar refractivity (Wildman–Crippen MR) is 110 cm³/mol. The first-order valence-electron chi connectivity index (χ1n) is 9.41. The van der Waals surface area contributed by atoms with Crippen molar-refractivity contribution < 1.29 is 9.59 Å². The summed E-state index contributed by atoms with van der Waals surface area (Å²) in [4.78, 5) is 29.4. The van der Waals surface area contributed by atoms with E-state index >= 15 is 0 Å². The largest absolute Gasteiger partial charge is 0.341 e. The van der Waals surface area contributed by atoms with Gasteiger partial charge in [0, 0.05) is 37.5 Å². The second-order valence-electron chi connectivity index (χ2n) is 7.32. The molecule has 5 nitrogen and oxygen atoms in total. The van der Waals surface area contributed by atoms with Gasteiger partial charge in [-0.25, -0.2) is 0 Å². The monoisotopic (exact) mass is 387 g/mol. The van der Waals surface area contributed by atoms with Crippen LogP contribution in [0.4, 0.5) is 5.69 Å². The minimum absolute atomic E-state index is 0. The first kappa shape index (κ1) is 19.6. The average molecular weight is 388 g/mol. The number of likely N-dealkylation sites (tertiary alicyclic amines) is 1. The molecule has 27 heavy (non-hydrogen) atoms. The first-order chi connectivity index (χ1) is 12.7. The van der Waals surface area contributed by atoms with Crippen LogP contribution < -0.4 is 10.2 Å². The highest BCUT2D eigenvalue weighted by Gasteiger charge is 2.38. The normalized spacial score (nSPS) is 22.8. The van der Waals surface area contributed by atoms with Gasteiger partial charge in [0.2, 0.25) is 11.8 Å². The van der Waals surface area contributed by atoms with Gasteiger partial charge in [-0.05, 0) is 31.3 Å². The van der Waals surface area contributed by atoms with Gasteiger partial charge < -0.3 is 15.1 Å². The lowest BCUT2D eigenvalue weighted by Gasteiger charge is -2.34. The molecule has 0 saturated carbocycles. The molecule has 0 bridgehead atoms. The summed E-state index contributed by atoms with van der Waals surface area (Å²) in [6.07, 6.45) is 2.43. The Balaban J connectivity index is 0.00000210. The molecule has 2 fully saturated rings. The zero-order valence-corrected chi connectivity index (χ0v) is 16.4. The van der Waals surface area contributed by atoms with Crippen LogP contribution in [0.25, 0.3) is 10.8 Å². The Bertz CT molecular complexity index is 836. The topological polar surface area (TPSA) is 52.7 Å². The maximum atomic E-state index is 13.0. The zero-order valence-electron chi connectivity index (χ0n) is 15.6. The van der Waals surface area contributed by atoms with Crippen molar-refractivity contribution in [1.29, 1.82) is 0 Å². The molecule has 6 heteroatoms. The van der Waals surface area contributed by atoms with Gasteiger partial charge in [0.15, 0.2) is 0 Å². The van der Waals surface area contributed by atoms with Crippen LogP contribution in [-0.4, -0.2) is 49.4 Å². The molecule has 2 atom stereocenters. The molecule has 0 aliphatic carbocycles. The van der Waals surface area contributed by atoms with Crippen LogP contribution in [-0.2, 0) is 9.59 Å². The number of rotatable bonds is 3. The highest BCUT2D eigenvalue weighted by atomic mass is 35.5. The van der Waals surface area contributed by atoms with Crippen LogP contribution in [0.5, 0.6) is 0 Å².